The van der Waals surface area contributed by atoms with Crippen LogP contribution in [0.25, 0.3) is 0 Å². The lowest BCUT2D eigenvalue weighted by Crippen LogP contribution is -2.50. The molecule has 1 aromatic rings. The maximum absolute atomic E-state index is 12.1. The van der Waals surface area contributed by atoms with E-state index in [0.29, 0.717) is 24.3 Å². The number of nitrogens with one attached hydrogen (secondary N) is 1. The predicted octanol–water partition coefficient (Wildman–Crippen LogP) is 1.69. The summed E-state index contributed by atoms with van der Waals surface area (Å²) in [6.07, 6.45) is 1.13. The first kappa shape index (κ1) is 17.0. The van der Waals surface area contributed by atoms with E-state index in [1.54, 1.807) is 24.3 Å². The van der Waals surface area contributed by atoms with Crippen LogP contribution >= 0.6 is 0 Å². The number of ether oxygens (including phenoxy) is 2. The van der Waals surface area contributed by atoms with Gasteiger partial charge in [0, 0.05) is 5.69 Å². The summed E-state index contributed by atoms with van der Waals surface area (Å²) in [5, 5.41) is 2.78. The van der Waals surface area contributed by atoms with Crippen molar-refractivity contribution in [3.63, 3.8) is 0 Å². The van der Waals surface area contributed by atoms with Gasteiger partial charge >= 0.3 is 5.97 Å². The topological polar surface area (TPSA) is 90.7 Å². The minimum Gasteiger partial charge on any atom is -0.482 e. The van der Waals surface area contributed by atoms with Crippen molar-refractivity contribution in [3.05, 3.63) is 24.3 Å². The number of hydrogen-bond donors (Lipinski definition) is 2. The number of carbonyl (C=O) groups is 2. The lowest BCUT2D eigenvalue weighted by molar-refractivity contribution is -0.142. The van der Waals surface area contributed by atoms with Gasteiger partial charge in [-0.1, -0.05) is 13.8 Å². The van der Waals surface area contributed by atoms with E-state index in [4.69, 9.17) is 10.5 Å². The second kappa shape index (κ2) is 7.64. The smallest absolute Gasteiger partial charge is 0.343 e. The number of carbonyl (C=O) groups excluding carboxylic acids is 2. The summed E-state index contributed by atoms with van der Waals surface area (Å²) in [6.45, 7) is 3.61. The summed E-state index contributed by atoms with van der Waals surface area (Å²) in [5.41, 5.74) is 5.79. The van der Waals surface area contributed by atoms with E-state index in [0.717, 1.165) is 0 Å². The molecule has 0 aliphatic rings. The fourth-order valence-corrected chi connectivity index (χ4v) is 1.66. The lowest BCUT2D eigenvalue weighted by atomic mass is 9.93. The van der Waals surface area contributed by atoms with E-state index in [1.165, 1.54) is 7.11 Å². The van der Waals surface area contributed by atoms with Gasteiger partial charge in [0.25, 0.3) is 0 Å². The second-order valence-electron chi connectivity index (χ2n) is 4.71. The maximum Gasteiger partial charge on any atom is 0.343 e. The molecule has 0 fully saturated rings. The molecule has 0 spiro atoms. The molecule has 0 radical (unpaired) electrons. The Morgan fingerprint density at radius 3 is 2.24 bits per heavy atom. The summed E-state index contributed by atoms with van der Waals surface area (Å²) in [6, 6.07) is 6.70. The molecule has 0 aliphatic heterocycles. The van der Waals surface area contributed by atoms with Crippen LogP contribution < -0.4 is 15.8 Å². The average Bonchev–Trinajstić information content (AvgIpc) is 2.52. The molecule has 3 N–H and O–H groups in total. The van der Waals surface area contributed by atoms with Crippen molar-refractivity contribution in [2.45, 2.75) is 32.2 Å². The zero-order chi connectivity index (χ0) is 15.9. The van der Waals surface area contributed by atoms with Crippen molar-refractivity contribution < 1.29 is 19.1 Å². The van der Waals surface area contributed by atoms with Gasteiger partial charge in [-0.15, -0.1) is 0 Å². The molecule has 0 saturated carbocycles. The van der Waals surface area contributed by atoms with Crippen LogP contribution in [-0.4, -0.2) is 31.1 Å². The van der Waals surface area contributed by atoms with Crippen molar-refractivity contribution >= 4 is 17.6 Å². The van der Waals surface area contributed by atoms with Crippen LogP contribution in [0.15, 0.2) is 24.3 Å². The van der Waals surface area contributed by atoms with Crippen LogP contribution in [0.1, 0.15) is 26.7 Å². The van der Waals surface area contributed by atoms with Gasteiger partial charge in [-0.05, 0) is 37.1 Å². The first-order valence-electron chi connectivity index (χ1n) is 6.85. The predicted molar refractivity (Wildman–Crippen MR) is 80.1 cm³/mol. The van der Waals surface area contributed by atoms with Gasteiger partial charge in [0.2, 0.25) is 5.91 Å². The molecule has 116 valence electrons. The monoisotopic (exact) mass is 294 g/mol. The largest absolute Gasteiger partial charge is 0.482 e. The van der Waals surface area contributed by atoms with E-state index < -0.39 is 11.5 Å². The van der Waals surface area contributed by atoms with Gasteiger partial charge in [0.1, 0.15) is 5.75 Å². The molecule has 0 unspecified atom stereocenters. The van der Waals surface area contributed by atoms with Gasteiger partial charge in [-0.3, -0.25) is 4.79 Å². The Morgan fingerprint density at radius 2 is 1.76 bits per heavy atom. The minimum atomic E-state index is -0.861. The molecule has 1 rings (SSSR count). The van der Waals surface area contributed by atoms with E-state index in [2.05, 4.69) is 10.1 Å². The molecule has 0 aromatic heterocycles. The molecule has 1 aromatic carbocycles. The number of rotatable bonds is 7. The number of amides is 1. The van der Waals surface area contributed by atoms with Crippen LogP contribution in [0.2, 0.25) is 0 Å². The van der Waals surface area contributed by atoms with E-state index in [1.807, 2.05) is 13.8 Å². The molecule has 0 aliphatic carbocycles. The van der Waals surface area contributed by atoms with Gasteiger partial charge in [0.05, 0.1) is 12.6 Å². The fourth-order valence-electron chi connectivity index (χ4n) is 1.66. The molecule has 0 saturated heterocycles. The summed E-state index contributed by atoms with van der Waals surface area (Å²) in [4.78, 5) is 23.1. The highest BCUT2D eigenvalue weighted by atomic mass is 16.6. The summed E-state index contributed by atoms with van der Waals surface area (Å²) in [5.74, 6) is -0.148. The third-order valence-corrected chi connectivity index (χ3v) is 3.41. The molecule has 0 heterocycles. The molecule has 1 amide bonds. The average molecular weight is 294 g/mol. The third-order valence-electron chi connectivity index (χ3n) is 3.41. The van der Waals surface area contributed by atoms with Crippen molar-refractivity contribution in [1.82, 2.24) is 0 Å². The molecule has 21 heavy (non-hydrogen) atoms. The highest BCUT2D eigenvalue weighted by molar-refractivity contribution is 5.97. The van der Waals surface area contributed by atoms with Crippen LogP contribution in [0, 0.1) is 0 Å². The van der Waals surface area contributed by atoms with Crippen LogP contribution in [0.4, 0.5) is 5.69 Å². The number of methoxy groups -OCH3 is 1. The Bertz CT molecular complexity index is 481. The van der Waals surface area contributed by atoms with Crippen molar-refractivity contribution in [3.8, 4) is 5.75 Å². The standard InChI is InChI=1S/C15H22N2O4/c1-4-15(16,5-2)14(19)17-11-6-8-12(9-7-11)21-10-13(18)20-3/h6-9H,4-5,10,16H2,1-3H3,(H,17,19). The molecule has 0 bridgehead atoms. The quantitative estimate of drug-likeness (QED) is 0.747. The minimum absolute atomic E-state index is 0.153. The lowest BCUT2D eigenvalue weighted by Gasteiger charge is -2.25. The Morgan fingerprint density at radius 1 is 1.19 bits per heavy atom. The number of nitrogens with two attached hydrogens (primary N) is 1. The zero-order valence-electron chi connectivity index (χ0n) is 12.6. The fraction of sp³-hybridized carbons (Fsp3) is 0.467. The molecular weight excluding hydrogens is 272 g/mol. The maximum atomic E-state index is 12.1. The highest BCUT2D eigenvalue weighted by Crippen LogP contribution is 2.19. The van der Waals surface area contributed by atoms with E-state index >= 15 is 0 Å². The third kappa shape index (κ3) is 4.75. The van der Waals surface area contributed by atoms with Crippen molar-refractivity contribution in [1.29, 1.82) is 0 Å². The molecular formula is C15H22N2O4. The Balaban J connectivity index is 2.62. The van der Waals surface area contributed by atoms with Crippen LogP contribution in [0.3, 0.4) is 0 Å². The first-order valence-corrected chi connectivity index (χ1v) is 6.85. The summed E-state index contributed by atoms with van der Waals surface area (Å²) in [7, 11) is 1.30. The second-order valence-corrected chi connectivity index (χ2v) is 4.71. The summed E-state index contributed by atoms with van der Waals surface area (Å²) < 4.78 is 9.69. The Kier molecular flexibility index (Phi) is 6.17. The number of benzene rings is 1. The highest BCUT2D eigenvalue weighted by Gasteiger charge is 2.29. The zero-order valence-corrected chi connectivity index (χ0v) is 12.6. The van der Waals surface area contributed by atoms with Gasteiger partial charge < -0.3 is 20.5 Å². The SMILES string of the molecule is CCC(N)(CC)C(=O)Nc1ccc(OCC(=O)OC)cc1. The van der Waals surface area contributed by atoms with Gasteiger partial charge in [-0.2, -0.15) is 0 Å². The molecule has 0 atom stereocenters. The van der Waals surface area contributed by atoms with E-state index in [9.17, 15) is 9.59 Å². The van der Waals surface area contributed by atoms with Gasteiger partial charge in [0.15, 0.2) is 6.61 Å². The Labute approximate surface area is 124 Å². The Hall–Kier alpha value is -2.08. The van der Waals surface area contributed by atoms with Crippen molar-refractivity contribution in [2.24, 2.45) is 5.73 Å². The van der Waals surface area contributed by atoms with Gasteiger partial charge in [-0.25, -0.2) is 4.79 Å². The first-order chi connectivity index (χ1) is 9.95. The normalized spacial score (nSPS) is 10.9. The summed E-state index contributed by atoms with van der Waals surface area (Å²) >= 11 is 0. The number of hydrogen-bond acceptors (Lipinski definition) is 5. The molecule has 6 nitrogen and oxygen atoms in total. The van der Waals surface area contributed by atoms with E-state index in [-0.39, 0.29) is 12.5 Å². The number of esters is 1. The molecule has 6 heteroatoms. The number of anilines is 1. The van der Waals surface area contributed by atoms with Crippen molar-refractivity contribution in [2.75, 3.05) is 19.0 Å². The van der Waals surface area contributed by atoms with Crippen LogP contribution in [0.5, 0.6) is 5.75 Å². The van der Waals surface area contributed by atoms with Crippen LogP contribution in [-0.2, 0) is 14.3 Å².